The van der Waals surface area contributed by atoms with Gasteiger partial charge in [-0.25, -0.2) is 4.98 Å². The summed E-state index contributed by atoms with van der Waals surface area (Å²) in [5.41, 5.74) is 3.32. The number of piperidine rings is 1. The largest absolute Gasteiger partial charge is 0.390 e. The Morgan fingerprint density at radius 2 is 2.17 bits per heavy atom. The monoisotopic (exact) mass is 316 g/mol. The average molecular weight is 316 g/mol. The smallest absolute Gasteiger partial charge is 0.137 e. The lowest BCUT2D eigenvalue weighted by Crippen LogP contribution is -2.41. The summed E-state index contributed by atoms with van der Waals surface area (Å²) in [4.78, 5) is 6.81. The van der Waals surface area contributed by atoms with E-state index >= 15 is 0 Å². The molecule has 2 aromatic rings. The highest BCUT2D eigenvalue weighted by atomic mass is 16.3. The lowest BCUT2D eigenvalue weighted by atomic mass is 9.99. The maximum atomic E-state index is 10.2. The van der Waals surface area contributed by atoms with E-state index in [2.05, 4.69) is 51.8 Å². The summed E-state index contributed by atoms with van der Waals surface area (Å²) < 4.78 is 2.10. The SMILES string of the molecule is Cc1ccn2c(CNCC(O)CN3CCC(C)CC3)cnc2c1. The number of imidazole rings is 1. The minimum absolute atomic E-state index is 0.315. The standard InChI is InChI=1S/C18H28N4O/c1-14-3-6-21(7-4-14)13-17(23)12-19-10-16-11-20-18-9-15(2)5-8-22(16)18/h5,8-9,11,14,17,19,23H,3-4,6-7,10,12-13H2,1-2H3. The minimum atomic E-state index is -0.315. The van der Waals surface area contributed by atoms with Crippen molar-refractivity contribution >= 4 is 5.65 Å². The van der Waals surface area contributed by atoms with Crippen LogP contribution < -0.4 is 5.32 Å². The molecular formula is C18H28N4O. The molecule has 1 aliphatic heterocycles. The third kappa shape index (κ3) is 4.31. The maximum Gasteiger partial charge on any atom is 0.137 e. The van der Waals surface area contributed by atoms with E-state index < -0.39 is 0 Å². The van der Waals surface area contributed by atoms with Crippen LogP contribution in [0.4, 0.5) is 0 Å². The van der Waals surface area contributed by atoms with Crippen LogP contribution in [-0.4, -0.2) is 51.7 Å². The van der Waals surface area contributed by atoms with E-state index in [-0.39, 0.29) is 6.10 Å². The van der Waals surface area contributed by atoms with E-state index in [9.17, 15) is 5.11 Å². The molecule has 1 unspecified atom stereocenters. The highest BCUT2D eigenvalue weighted by Crippen LogP contribution is 2.15. The number of pyridine rings is 1. The van der Waals surface area contributed by atoms with Crippen LogP contribution in [0.5, 0.6) is 0 Å². The van der Waals surface area contributed by atoms with E-state index in [0.29, 0.717) is 6.54 Å². The molecule has 1 fully saturated rings. The average Bonchev–Trinajstić information content (AvgIpc) is 2.92. The molecule has 0 aliphatic carbocycles. The van der Waals surface area contributed by atoms with E-state index in [0.717, 1.165) is 43.4 Å². The zero-order valence-corrected chi connectivity index (χ0v) is 14.2. The van der Waals surface area contributed by atoms with Crippen LogP contribution in [0.25, 0.3) is 5.65 Å². The molecule has 0 bridgehead atoms. The normalized spacial score (nSPS) is 18.6. The minimum Gasteiger partial charge on any atom is -0.390 e. The van der Waals surface area contributed by atoms with Crippen molar-refractivity contribution < 1.29 is 5.11 Å². The number of β-amino-alcohol motifs (C(OH)–C–C–N with tert-alkyl or cyclic N) is 1. The molecule has 0 spiro atoms. The van der Waals surface area contributed by atoms with Gasteiger partial charge in [0.25, 0.3) is 0 Å². The number of nitrogens with zero attached hydrogens (tertiary/aromatic N) is 3. The molecule has 3 heterocycles. The molecular weight excluding hydrogens is 288 g/mol. The van der Waals surface area contributed by atoms with Crippen LogP contribution in [0.15, 0.2) is 24.5 Å². The second-order valence-electron chi connectivity index (χ2n) is 6.95. The molecule has 1 aliphatic rings. The van der Waals surface area contributed by atoms with Crippen molar-refractivity contribution in [3.05, 3.63) is 35.8 Å². The van der Waals surface area contributed by atoms with Crippen molar-refractivity contribution in [2.24, 2.45) is 5.92 Å². The van der Waals surface area contributed by atoms with Gasteiger partial charge >= 0.3 is 0 Å². The van der Waals surface area contributed by atoms with Gasteiger partial charge < -0.3 is 19.7 Å². The number of aliphatic hydroxyl groups excluding tert-OH is 1. The van der Waals surface area contributed by atoms with Crippen molar-refractivity contribution in [1.29, 1.82) is 0 Å². The summed E-state index contributed by atoms with van der Waals surface area (Å²) in [7, 11) is 0. The summed E-state index contributed by atoms with van der Waals surface area (Å²) >= 11 is 0. The van der Waals surface area contributed by atoms with Crippen LogP contribution in [-0.2, 0) is 6.54 Å². The van der Waals surface area contributed by atoms with Gasteiger partial charge in [-0.3, -0.25) is 0 Å². The third-order valence-electron chi connectivity index (χ3n) is 4.78. The molecule has 5 heteroatoms. The van der Waals surface area contributed by atoms with Crippen molar-refractivity contribution in [2.75, 3.05) is 26.2 Å². The van der Waals surface area contributed by atoms with Gasteiger partial charge in [0.1, 0.15) is 5.65 Å². The first-order valence-electron chi connectivity index (χ1n) is 8.65. The summed E-state index contributed by atoms with van der Waals surface area (Å²) in [6, 6.07) is 4.17. The Morgan fingerprint density at radius 3 is 2.96 bits per heavy atom. The molecule has 126 valence electrons. The Morgan fingerprint density at radius 1 is 1.39 bits per heavy atom. The van der Waals surface area contributed by atoms with Gasteiger partial charge in [-0.15, -0.1) is 0 Å². The van der Waals surface area contributed by atoms with Gasteiger partial charge in [0.05, 0.1) is 18.0 Å². The van der Waals surface area contributed by atoms with Crippen LogP contribution >= 0.6 is 0 Å². The zero-order chi connectivity index (χ0) is 16.2. The Kier molecular flexibility index (Phi) is 5.30. The number of hydrogen-bond acceptors (Lipinski definition) is 4. The molecule has 0 saturated carbocycles. The Bertz CT molecular complexity index is 631. The number of hydrogen-bond donors (Lipinski definition) is 2. The van der Waals surface area contributed by atoms with E-state index in [1.54, 1.807) is 0 Å². The molecule has 3 rings (SSSR count). The van der Waals surface area contributed by atoms with Gasteiger partial charge in [-0.1, -0.05) is 6.92 Å². The van der Waals surface area contributed by atoms with Crippen molar-refractivity contribution in [3.63, 3.8) is 0 Å². The third-order valence-corrected chi connectivity index (χ3v) is 4.78. The highest BCUT2D eigenvalue weighted by Gasteiger charge is 2.18. The van der Waals surface area contributed by atoms with Crippen LogP contribution in [0.3, 0.4) is 0 Å². The molecule has 0 amide bonds. The molecule has 1 atom stereocenters. The van der Waals surface area contributed by atoms with Crippen molar-refractivity contribution in [3.8, 4) is 0 Å². The number of nitrogens with one attached hydrogen (secondary N) is 1. The van der Waals surface area contributed by atoms with Gasteiger partial charge in [-0.2, -0.15) is 0 Å². The number of aliphatic hydroxyl groups is 1. The maximum absolute atomic E-state index is 10.2. The van der Waals surface area contributed by atoms with Crippen molar-refractivity contribution in [2.45, 2.75) is 39.3 Å². The number of likely N-dealkylation sites (tertiary alicyclic amines) is 1. The molecule has 2 N–H and O–H groups in total. The fourth-order valence-corrected chi connectivity index (χ4v) is 3.24. The molecule has 0 radical (unpaired) electrons. The van der Waals surface area contributed by atoms with Crippen molar-refractivity contribution in [1.82, 2.24) is 19.6 Å². The first kappa shape index (κ1) is 16.4. The van der Waals surface area contributed by atoms with Gasteiger partial charge in [0, 0.05) is 25.8 Å². The second kappa shape index (κ2) is 7.43. The first-order valence-corrected chi connectivity index (χ1v) is 8.65. The summed E-state index contributed by atoms with van der Waals surface area (Å²) in [6.45, 7) is 8.72. The van der Waals surface area contributed by atoms with E-state index in [4.69, 9.17) is 0 Å². The fourth-order valence-electron chi connectivity index (χ4n) is 3.24. The summed E-state index contributed by atoms with van der Waals surface area (Å²) in [6.07, 6.45) is 6.15. The lowest BCUT2D eigenvalue weighted by molar-refractivity contribution is 0.0906. The van der Waals surface area contributed by atoms with Gasteiger partial charge in [-0.05, 0) is 56.5 Å². The molecule has 23 heavy (non-hydrogen) atoms. The van der Waals surface area contributed by atoms with Crippen LogP contribution in [0.2, 0.25) is 0 Å². The molecule has 0 aromatic carbocycles. The quantitative estimate of drug-likeness (QED) is 0.854. The topological polar surface area (TPSA) is 52.8 Å². The molecule has 2 aromatic heterocycles. The Hall–Kier alpha value is -1.43. The first-order chi connectivity index (χ1) is 11.1. The number of aryl methyl sites for hydroxylation is 1. The molecule has 5 nitrogen and oxygen atoms in total. The highest BCUT2D eigenvalue weighted by molar-refractivity contribution is 5.42. The predicted octanol–water partition coefficient (Wildman–Crippen LogP) is 1.83. The predicted molar refractivity (Wildman–Crippen MR) is 92.5 cm³/mol. The zero-order valence-electron chi connectivity index (χ0n) is 14.2. The van der Waals surface area contributed by atoms with E-state index in [1.165, 1.54) is 18.4 Å². The summed E-state index contributed by atoms with van der Waals surface area (Å²) in [5, 5.41) is 13.6. The van der Waals surface area contributed by atoms with Crippen LogP contribution in [0.1, 0.15) is 31.0 Å². The van der Waals surface area contributed by atoms with Gasteiger partial charge in [0.2, 0.25) is 0 Å². The van der Waals surface area contributed by atoms with Crippen LogP contribution in [0, 0.1) is 12.8 Å². The Labute approximate surface area is 138 Å². The molecule has 1 saturated heterocycles. The number of aromatic nitrogens is 2. The fraction of sp³-hybridized carbons (Fsp3) is 0.611. The van der Waals surface area contributed by atoms with E-state index in [1.807, 2.05) is 6.20 Å². The van der Waals surface area contributed by atoms with Gasteiger partial charge in [0.15, 0.2) is 0 Å². The second-order valence-corrected chi connectivity index (χ2v) is 6.95. The summed E-state index contributed by atoms with van der Waals surface area (Å²) in [5.74, 6) is 0.834. The Balaban J connectivity index is 1.45. The number of fused-ring (bicyclic) bond motifs is 1. The lowest BCUT2D eigenvalue weighted by Gasteiger charge is -2.31. The number of rotatable bonds is 6.